The van der Waals surface area contributed by atoms with Crippen LogP contribution in [0.25, 0.3) is 10.9 Å². The molecule has 2 N–H and O–H groups in total. The number of aromatic amines is 1. The van der Waals surface area contributed by atoms with E-state index in [9.17, 15) is 8.42 Å². The van der Waals surface area contributed by atoms with Gasteiger partial charge >= 0.3 is 0 Å². The van der Waals surface area contributed by atoms with Gasteiger partial charge in [0.25, 0.3) is 10.1 Å². The Hall–Kier alpha value is -1.37. The Morgan fingerprint density at radius 1 is 1.38 bits per heavy atom. The third-order valence-corrected chi connectivity index (χ3v) is 4.89. The molecular formula is C15H20N2O3S. The Kier molecular flexibility index (Phi) is 3.77. The second-order valence-electron chi connectivity index (χ2n) is 5.80. The van der Waals surface area contributed by atoms with E-state index in [1.165, 1.54) is 27.7 Å². The highest BCUT2D eigenvalue weighted by atomic mass is 32.2. The fourth-order valence-corrected chi connectivity index (χ4v) is 3.57. The molecular weight excluding hydrogens is 288 g/mol. The van der Waals surface area contributed by atoms with Crippen LogP contribution >= 0.6 is 0 Å². The van der Waals surface area contributed by atoms with Crippen LogP contribution in [-0.4, -0.2) is 41.7 Å². The van der Waals surface area contributed by atoms with Crippen molar-refractivity contribution in [2.24, 2.45) is 0 Å². The Bertz CT molecular complexity index is 765. The van der Waals surface area contributed by atoms with Gasteiger partial charge in [-0.3, -0.25) is 9.45 Å². The number of aryl methyl sites for hydroxylation is 1. The second-order valence-corrected chi connectivity index (χ2v) is 7.37. The first-order valence-electron chi connectivity index (χ1n) is 7.20. The maximum Gasteiger partial charge on any atom is 0.264 e. The number of nitrogens with zero attached hydrogens (tertiary/aromatic N) is 1. The first-order chi connectivity index (χ1) is 9.92. The molecule has 0 fully saturated rings. The molecule has 2 aromatic rings. The highest BCUT2D eigenvalue weighted by Crippen LogP contribution is 2.28. The molecule has 1 aromatic heterocycles. The van der Waals surface area contributed by atoms with Crippen molar-refractivity contribution in [3.63, 3.8) is 0 Å². The van der Waals surface area contributed by atoms with Crippen LogP contribution in [0.15, 0.2) is 18.2 Å². The number of hydrogen-bond donors (Lipinski definition) is 2. The molecule has 0 amide bonds. The molecule has 0 spiro atoms. The third-order valence-electron chi connectivity index (χ3n) is 4.09. The summed E-state index contributed by atoms with van der Waals surface area (Å²) in [5.74, 6) is -0.164. The number of fused-ring (bicyclic) bond motifs is 3. The van der Waals surface area contributed by atoms with E-state index in [-0.39, 0.29) is 5.75 Å². The molecule has 0 saturated carbocycles. The molecule has 114 valence electrons. The van der Waals surface area contributed by atoms with E-state index in [4.69, 9.17) is 4.55 Å². The van der Waals surface area contributed by atoms with Crippen molar-refractivity contribution < 1.29 is 13.0 Å². The van der Waals surface area contributed by atoms with E-state index in [0.717, 1.165) is 19.5 Å². The summed E-state index contributed by atoms with van der Waals surface area (Å²) in [6.45, 7) is 4.53. The van der Waals surface area contributed by atoms with Crippen molar-refractivity contribution in [2.45, 2.75) is 26.3 Å². The predicted octanol–water partition coefficient (Wildman–Crippen LogP) is 2.11. The van der Waals surface area contributed by atoms with Crippen molar-refractivity contribution in [1.82, 2.24) is 9.88 Å². The Labute approximate surface area is 124 Å². The lowest BCUT2D eigenvalue weighted by Gasteiger charge is -2.26. The van der Waals surface area contributed by atoms with Crippen molar-refractivity contribution in [2.75, 3.05) is 18.8 Å². The van der Waals surface area contributed by atoms with Crippen LogP contribution < -0.4 is 0 Å². The highest BCUT2D eigenvalue weighted by molar-refractivity contribution is 7.85. The molecule has 0 aliphatic carbocycles. The van der Waals surface area contributed by atoms with Crippen molar-refractivity contribution >= 4 is 21.0 Å². The lowest BCUT2D eigenvalue weighted by Crippen LogP contribution is -2.32. The first-order valence-corrected chi connectivity index (χ1v) is 8.81. The number of hydrogen-bond acceptors (Lipinski definition) is 3. The first kappa shape index (κ1) is 14.6. The van der Waals surface area contributed by atoms with Gasteiger partial charge in [0.1, 0.15) is 0 Å². The van der Waals surface area contributed by atoms with Crippen LogP contribution in [0.5, 0.6) is 0 Å². The largest absolute Gasteiger partial charge is 0.357 e. The number of aromatic nitrogens is 1. The molecule has 0 radical (unpaired) electrons. The summed E-state index contributed by atoms with van der Waals surface area (Å²) in [5.41, 5.74) is 5.05. The van der Waals surface area contributed by atoms with Crippen LogP contribution in [0, 0.1) is 6.92 Å². The number of benzene rings is 1. The van der Waals surface area contributed by atoms with Gasteiger partial charge < -0.3 is 4.98 Å². The van der Waals surface area contributed by atoms with Gasteiger partial charge in [-0.1, -0.05) is 11.6 Å². The minimum atomic E-state index is -3.85. The van der Waals surface area contributed by atoms with Crippen LogP contribution in [-0.2, 0) is 23.1 Å². The average Bonchev–Trinajstić information content (AvgIpc) is 2.74. The van der Waals surface area contributed by atoms with E-state index >= 15 is 0 Å². The van der Waals surface area contributed by atoms with Gasteiger partial charge in [0.15, 0.2) is 0 Å². The Morgan fingerprint density at radius 2 is 2.19 bits per heavy atom. The van der Waals surface area contributed by atoms with E-state index in [0.29, 0.717) is 13.0 Å². The minimum absolute atomic E-state index is 0.164. The molecule has 2 heterocycles. The molecule has 0 bridgehead atoms. The summed E-state index contributed by atoms with van der Waals surface area (Å²) in [5, 5.41) is 1.31. The zero-order valence-corrected chi connectivity index (χ0v) is 12.9. The van der Waals surface area contributed by atoms with E-state index in [2.05, 4.69) is 35.0 Å². The fraction of sp³-hybridized carbons (Fsp3) is 0.467. The van der Waals surface area contributed by atoms with Crippen molar-refractivity contribution in [3.8, 4) is 0 Å². The Morgan fingerprint density at radius 3 is 2.95 bits per heavy atom. The van der Waals surface area contributed by atoms with Gasteiger partial charge in [-0.15, -0.1) is 0 Å². The van der Waals surface area contributed by atoms with Gasteiger partial charge in [-0.25, -0.2) is 0 Å². The van der Waals surface area contributed by atoms with Gasteiger partial charge in [0.05, 0.1) is 5.75 Å². The molecule has 0 atom stereocenters. The SMILES string of the molecule is Cc1ccc2[nH]c3c(c2c1)CCN(CCCS(=O)(=O)O)C3. The van der Waals surface area contributed by atoms with Crippen LogP contribution in [0.3, 0.4) is 0 Å². The fourth-order valence-electron chi connectivity index (χ4n) is 3.07. The molecule has 6 heteroatoms. The summed E-state index contributed by atoms with van der Waals surface area (Å²) in [4.78, 5) is 5.70. The number of H-pyrrole nitrogens is 1. The molecule has 0 saturated heterocycles. The lowest BCUT2D eigenvalue weighted by atomic mass is 10.0. The van der Waals surface area contributed by atoms with Crippen molar-refractivity contribution in [1.29, 1.82) is 0 Å². The van der Waals surface area contributed by atoms with Crippen molar-refractivity contribution in [3.05, 3.63) is 35.0 Å². The normalized spacial score (nSPS) is 16.3. The third kappa shape index (κ3) is 3.28. The molecule has 0 unspecified atom stereocenters. The zero-order chi connectivity index (χ0) is 15.0. The molecule has 1 aliphatic rings. The monoisotopic (exact) mass is 308 g/mol. The van der Waals surface area contributed by atoms with Crippen LogP contribution in [0.4, 0.5) is 0 Å². The summed E-state index contributed by atoms with van der Waals surface area (Å²) < 4.78 is 30.3. The van der Waals surface area contributed by atoms with Crippen LogP contribution in [0.1, 0.15) is 23.2 Å². The minimum Gasteiger partial charge on any atom is -0.357 e. The Balaban J connectivity index is 1.72. The highest BCUT2D eigenvalue weighted by Gasteiger charge is 2.20. The molecule has 21 heavy (non-hydrogen) atoms. The molecule has 5 nitrogen and oxygen atoms in total. The van der Waals surface area contributed by atoms with Gasteiger partial charge in [0, 0.05) is 29.7 Å². The molecule has 3 rings (SSSR count). The van der Waals surface area contributed by atoms with E-state index in [1.54, 1.807) is 0 Å². The van der Waals surface area contributed by atoms with Gasteiger partial charge in [-0.2, -0.15) is 8.42 Å². The summed E-state index contributed by atoms with van der Waals surface area (Å²) >= 11 is 0. The predicted molar refractivity (Wildman–Crippen MR) is 83.0 cm³/mol. The topological polar surface area (TPSA) is 73.4 Å². The maximum absolute atomic E-state index is 10.8. The zero-order valence-electron chi connectivity index (χ0n) is 12.1. The van der Waals surface area contributed by atoms with Gasteiger partial charge in [0.2, 0.25) is 0 Å². The number of nitrogens with one attached hydrogen (secondary N) is 1. The maximum atomic E-state index is 10.8. The van der Waals surface area contributed by atoms with Gasteiger partial charge in [-0.05, 0) is 44.0 Å². The average molecular weight is 308 g/mol. The van der Waals surface area contributed by atoms with Crippen LogP contribution in [0.2, 0.25) is 0 Å². The van der Waals surface area contributed by atoms with E-state index in [1.807, 2.05) is 0 Å². The summed E-state index contributed by atoms with van der Waals surface area (Å²) in [6, 6.07) is 6.44. The number of rotatable bonds is 4. The smallest absolute Gasteiger partial charge is 0.264 e. The lowest BCUT2D eigenvalue weighted by molar-refractivity contribution is 0.252. The quantitative estimate of drug-likeness (QED) is 0.849. The molecule has 1 aliphatic heterocycles. The second kappa shape index (κ2) is 5.44. The molecule has 1 aromatic carbocycles. The standard InChI is InChI=1S/C15H20N2O3S/c1-11-3-4-14-13(9-11)12-5-7-17(10-15(12)16-14)6-2-8-21(18,19)20/h3-4,9,16H,2,5-8,10H2,1H3,(H,18,19,20). The van der Waals surface area contributed by atoms with E-state index < -0.39 is 10.1 Å². The summed E-state index contributed by atoms with van der Waals surface area (Å²) in [6.07, 6.45) is 1.44. The summed E-state index contributed by atoms with van der Waals surface area (Å²) in [7, 11) is -3.85.